The number of aryl methyl sites for hydroxylation is 2. The lowest BCUT2D eigenvalue weighted by Crippen LogP contribution is -2.13. The van der Waals surface area contributed by atoms with E-state index in [0.717, 1.165) is 62.6 Å². The van der Waals surface area contributed by atoms with Crippen molar-refractivity contribution in [3.63, 3.8) is 0 Å². The van der Waals surface area contributed by atoms with Crippen LogP contribution in [-0.4, -0.2) is 13.2 Å². The van der Waals surface area contributed by atoms with E-state index in [1.807, 2.05) is 6.07 Å². The molecule has 0 aliphatic heterocycles. The first-order valence-corrected chi connectivity index (χ1v) is 12.5. The summed E-state index contributed by atoms with van der Waals surface area (Å²) in [6, 6.07) is 23.6. The zero-order valence-electron chi connectivity index (χ0n) is 20.1. The highest BCUT2D eigenvalue weighted by atomic mass is 35.5. The molecule has 0 amide bonds. The van der Waals surface area contributed by atoms with E-state index >= 15 is 0 Å². The van der Waals surface area contributed by atoms with Crippen molar-refractivity contribution in [3.8, 4) is 5.75 Å². The van der Waals surface area contributed by atoms with Gasteiger partial charge in [-0.1, -0.05) is 61.0 Å². The van der Waals surface area contributed by atoms with Gasteiger partial charge in [-0.25, -0.2) is 0 Å². The van der Waals surface area contributed by atoms with Crippen molar-refractivity contribution in [2.45, 2.75) is 58.4 Å². The minimum Gasteiger partial charge on any atom is -0.494 e. The van der Waals surface area contributed by atoms with Gasteiger partial charge in [0.25, 0.3) is 0 Å². The fourth-order valence-corrected chi connectivity index (χ4v) is 4.30. The van der Waals surface area contributed by atoms with E-state index in [0.29, 0.717) is 5.92 Å². The van der Waals surface area contributed by atoms with Crippen molar-refractivity contribution in [3.05, 3.63) is 106 Å². The zero-order chi connectivity index (χ0) is 23.5. The zero-order valence-corrected chi connectivity index (χ0v) is 20.8. The standard InChI is InChI=1S/C30H37ClNO/c1-4-17-32-22-25-13-15-30(16-14-25)33-18-6-5-8-27(28-9-7-10-29(31)21-28)20-26-12-11-23(2)24(3)19-26/h7,9-16,19,21,27,32H,1,4-6,8,17-18,20,22H2,2-3H3. The van der Waals surface area contributed by atoms with E-state index in [1.165, 1.54) is 27.8 Å². The van der Waals surface area contributed by atoms with E-state index in [9.17, 15) is 0 Å². The van der Waals surface area contributed by atoms with Crippen molar-refractivity contribution in [1.29, 1.82) is 0 Å². The minimum atomic E-state index is 0.455. The summed E-state index contributed by atoms with van der Waals surface area (Å²) >= 11 is 6.31. The van der Waals surface area contributed by atoms with Gasteiger partial charge in [0.1, 0.15) is 5.75 Å². The van der Waals surface area contributed by atoms with Gasteiger partial charge in [-0.05, 0) is 110 Å². The first kappa shape index (κ1) is 25.3. The summed E-state index contributed by atoms with van der Waals surface area (Å²) in [5.74, 6) is 1.40. The lowest BCUT2D eigenvalue weighted by Gasteiger charge is -2.19. The number of nitrogens with one attached hydrogen (secondary N) is 1. The smallest absolute Gasteiger partial charge is 0.119 e. The van der Waals surface area contributed by atoms with E-state index in [4.69, 9.17) is 16.3 Å². The van der Waals surface area contributed by atoms with Gasteiger partial charge < -0.3 is 10.1 Å². The molecule has 175 valence electrons. The van der Waals surface area contributed by atoms with Crippen molar-refractivity contribution in [1.82, 2.24) is 5.32 Å². The highest BCUT2D eigenvalue weighted by molar-refractivity contribution is 6.30. The van der Waals surface area contributed by atoms with Crippen molar-refractivity contribution in [2.75, 3.05) is 13.2 Å². The van der Waals surface area contributed by atoms with Gasteiger partial charge in [0.2, 0.25) is 0 Å². The second-order valence-electron chi connectivity index (χ2n) is 8.89. The van der Waals surface area contributed by atoms with Gasteiger partial charge in [-0.2, -0.15) is 0 Å². The summed E-state index contributed by atoms with van der Waals surface area (Å²) in [7, 11) is 0. The van der Waals surface area contributed by atoms with Gasteiger partial charge in [0, 0.05) is 11.6 Å². The number of unbranched alkanes of at least 4 members (excludes halogenated alkanes) is 1. The minimum absolute atomic E-state index is 0.455. The Hall–Kier alpha value is -2.29. The molecule has 0 aliphatic carbocycles. The Kier molecular flexibility index (Phi) is 10.3. The van der Waals surface area contributed by atoms with Crippen LogP contribution < -0.4 is 10.1 Å². The first-order valence-electron chi connectivity index (χ1n) is 12.1. The van der Waals surface area contributed by atoms with Crippen molar-refractivity contribution >= 4 is 11.6 Å². The lowest BCUT2D eigenvalue weighted by atomic mass is 9.87. The molecule has 1 radical (unpaired) electrons. The maximum absolute atomic E-state index is 6.31. The molecule has 0 fully saturated rings. The third-order valence-corrected chi connectivity index (χ3v) is 6.43. The molecular formula is C30H37ClNO. The average Bonchev–Trinajstić information content (AvgIpc) is 2.81. The topological polar surface area (TPSA) is 21.3 Å². The van der Waals surface area contributed by atoms with Crippen LogP contribution in [0.2, 0.25) is 5.02 Å². The molecule has 0 heterocycles. The molecule has 1 N–H and O–H groups in total. The Morgan fingerprint density at radius 2 is 1.70 bits per heavy atom. The number of rotatable bonds is 13. The molecule has 33 heavy (non-hydrogen) atoms. The number of hydrogen-bond acceptors (Lipinski definition) is 2. The molecule has 0 saturated heterocycles. The van der Waals surface area contributed by atoms with Crippen LogP contribution in [0.1, 0.15) is 59.4 Å². The van der Waals surface area contributed by atoms with Crippen LogP contribution in [0.25, 0.3) is 0 Å². The summed E-state index contributed by atoms with van der Waals surface area (Å²) in [5, 5.41) is 4.18. The van der Waals surface area contributed by atoms with Crippen molar-refractivity contribution < 1.29 is 4.74 Å². The highest BCUT2D eigenvalue weighted by Crippen LogP contribution is 2.29. The first-order chi connectivity index (χ1) is 16.0. The molecule has 3 aromatic carbocycles. The normalized spacial score (nSPS) is 12.0. The maximum Gasteiger partial charge on any atom is 0.119 e. The fraction of sp³-hybridized carbons (Fsp3) is 0.367. The predicted molar refractivity (Wildman–Crippen MR) is 141 cm³/mol. The summed E-state index contributed by atoms with van der Waals surface area (Å²) in [6.07, 6.45) is 5.22. The van der Waals surface area contributed by atoms with Crippen LogP contribution in [0.4, 0.5) is 0 Å². The average molecular weight is 463 g/mol. The molecule has 0 aliphatic rings. The Morgan fingerprint density at radius 3 is 2.42 bits per heavy atom. The van der Waals surface area contributed by atoms with Crippen LogP contribution in [-0.2, 0) is 13.0 Å². The van der Waals surface area contributed by atoms with Crippen LogP contribution >= 0.6 is 11.6 Å². The molecule has 0 bridgehead atoms. The fourth-order valence-electron chi connectivity index (χ4n) is 4.11. The molecule has 0 aromatic heterocycles. The Bertz CT molecular complexity index is 983. The molecule has 3 aromatic rings. The van der Waals surface area contributed by atoms with E-state index in [-0.39, 0.29) is 0 Å². The summed E-state index contributed by atoms with van der Waals surface area (Å²) in [4.78, 5) is 0. The Morgan fingerprint density at radius 1 is 0.909 bits per heavy atom. The van der Waals surface area contributed by atoms with Gasteiger partial charge in [-0.15, -0.1) is 0 Å². The molecule has 3 rings (SSSR count). The van der Waals surface area contributed by atoms with E-state index < -0.39 is 0 Å². The number of benzene rings is 3. The SMILES string of the molecule is [CH2]CCNCc1ccc(OCCCCC(Cc2ccc(C)c(C)c2)c2cccc(Cl)c2)cc1. The third-order valence-electron chi connectivity index (χ3n) is 6.20. The molecule has 2 nitrogen and oxygen atoms in total. The van der Waals surface area contributed by atoms with Gasteiger partial charge >= 0.3 is 0 Å². The molecular weight excluding hydrogens is 426 g/mol. The summed E-state index contributed by atoms with van der Waals surface area (Å²) in [5.41, 5.74) is 6.69. The number of halogens is 1. The molecule has 3 heteroatoms. The molecule has 1 atom stereocenters. The highest BCUT2D eigenvalue weighted by Gasteiger charge is 2.13. The largest absolute Gasteiger partial charge is 0.494 e. The van der Waals surface area contributed by atoms with E-state index in [1.54, 1.807) is 0 Å². The number of hydrogen-bond donors (Lipinski definition) is 1. The van der Waals surface area contributed by atoms with E-state index in [2.05, 4.69) is 86.8 Å². The number of ether oxygens (including phenoxy) is 1. The third kappa shape index (κ3) is 8.53. The summed E-state index contributed by atoms with van der Waals surface area (Å²) < 4.78 is 5.99. The van der Waals surface area contributed by atoms with Crippen LogP contribution in [0.3, 0.4) is 0 Å². The predicted octanol–water partition coefficient (Wildman–Crippen LogP) is 7.85. The van der Waals surface area contributed by atoms with Crippen LogP contribution in [0.15, 0.2) is 66.7 Å². The molecule has 0 saturated carbocycles. The Labute approximate surface area is 205 Å². The van der Waals surface area contributed by atoms with Gasteiger partial charge in [0.05, 0.1) is 6.61 Å². The summed E-state index contributed by atoms with van der Waals surface area (Å²) in [6.45, 7) is 10.8. The molecule has 1 unspecified atom stereocenters. The quantitative estimate of drug-likeness (QED) is 0.261. The second kappa shape index (κ2) is 13.4. The van der Waals surface area contributed by atoms with Crippen LogP contribution in [0, 0.1) is 20.8 Å². The molecule has 0 spiro atoms. The second-order valence-corrected chi connectivity index (χ2v) is 9.33. The monoisotopic (exact) mass is 462 g/mol. The van der Waals surface area contributed by atoms with Crippen molar-refractivity contribution in [2.24, 2.45) is 0 Å². The van der Waals surface area contributed by atoms with Gasteiger partial charge in [-0.3, -0.25) is 0 Å². The lowest BCUT2D eigenvalue weighted by molar-refractivity contribution is 0.303. The van der Waals surface area contributed by atoms with Gasteiger partial charge in [0.15, 0.2) is 0 Å². The van der Waals surface area contributed by atoms with Crippen LogP contribution in [0.5, 0.6) is 5.75 Å². The maximum atomic E-state index is 6.31. The Balaban J connectivity index is 1.50.